The first-order chi connectivity index (χ1) is 7.79. The molecule has 0 radical (unpaired) electrons. The normalized spacial score (nSPS) is 19.9. The zero-order valence-electron chi connectivity index (χ0n) is 9.45. The Labute approximate surface area is 94.6 Å². The second kappa shape index (κ2) is 5.12. The molecule has 5 nitrogen and oxygen atoms in total. The topological polar surface area (TPSA) is 67.2 Å². The Morgan fingerprint density at radius 2 is 2.62 bits per heavy atom. The molecule has 1 amide bonds. The van der Waals surface area contributed by atoms with Crippen molar-refractivity contribution in [3.8, 4) is 0 Å². The third-order valence-electron chi connectivity index (χ3n) is 2.82. The summed E-state index contributed by atoms with van der Waals surface area (Å²) in [5, 5.41) is 9.95. The average molecular weight is 223 g/mol. The van der Waals surface area contributed by atoms with Crippen molar-refractivity contribution in [1.29, 1.82) is 0 Å². The van der Waals surface area contributed by atoms with Crippen LogP contribution in [0.4, 0.5) is 0 Å². The highest BCUT2D eigenvalue weighted by atomic mass is 16.5. The molecule has 1 atom stereocenters. The lowest BCUT2D eigenvalue weighted by Crippen LogP contribution is -2.37. The lowest BCUT2D eigenvalue weighted by molar-refractivity contribution is 0.0913. The van der Waals surface area contributed by atoms with E-state index in [-0.39, 0.29) is 5.91 Å². The number of amides is 1. The van der Waals surface area contributed by atoms with E-state index in [1.54, 1.807) is 6.07 Å². The molecule has 0 bridgehead atoms. The fraction of sp³-hybridized carbons (Fsp3) is 0.636. The van der Waals surface area contributed by atoms with Crippen LogP contribution in [0.25, 0.3) is 0 Å². The molecule has 1 unspecified atom stereocenters. The van der Waals surface area contributed by atoms with Crippen molar-refractivity contribution in [1.82, 2.24) is 15.8 Å². The van der Waals surface area contributed by atoms with Crippen LogP contribution in [0.3, 0.4) is 0 Å². The molecule has 2 heterocycles. The molecule has 0 spiro atoms. The second-order valence-electron chi connectivity index (χ2n) is 4.04. The fourth-order valence-corrected chi connectivity index (χ4v) is 1.82. The van der Waals surface area contributed by atoms with Crippen LogP contribution in [0, 0.1) is 0 Å². The van der Waals surface area contributed by atoms with Gasteiger partial charge in [-0.05, 0) is 25.8 Å². The van der Waals surface area contributed by atoms with Crippen molar-refractivity contribution in [2.24, 2.45) is 0 Å². The minimum Gasteiger partial charge on any atom is -0.351 e. The fourth-order valence-electron chi connectivity index (χ4n) is 1.82. The van der Waals surface area contributed by atoms with Gasteiger partial charge >= 0.3 is 0 Å². The van der Waals surface area contributed by atoms with Crippen LogP contribution in [0.2, 0.25) is 0 Å². The van der Waals surface area contributed by atoms with Crippen LogP contribution >= 0.6 is 0 Å². The van der Waals surface area contributed by atoms with Crippen molar-refractivity contribution in [3.63, 3.8) is 0 Å². The van der Waals surface area contributed by atoms with E-state index < -0.39 is 0 Å². The third kappa shape index (κ3) is 2.61. The molecule has 1 aliphatic heterocycles. The molecule has 2 N–H and O–H groups in total. The Balaban J connectivity index is 1.82. The van der Waals surface area contributed by atoms with Gasteiger partial charge in [0.05, 0.1) is 5.69 Å². The number of nitrogens with zero attached hydrogens (tertiary/aromatic N) is 1. The van der Waals surface area contributed by atoms with Gasteiger partial charge in [-0.25, -0.2) is 0 Å². The predicted molar refractivity (Wildman–Crippen MR) is 59.2 cm³/mol. The van der Waals surface area contributed by atoms with Crippen molar-refractivity contribution in [3.05, 3.63) is 17.5 Å². The van der Waals surface area contributed by atoms with E-state index in [1.165, 1.54) is 6.42 Å². The van der Waals surface area contributed by atoms with Crippen LogP contribution in [0.15, 0.2) is 10.6 Å². The first-order valence-corrected chi connectivity index (χ1v) is 5.76. The van der Waals surface area contributed by atoms with E-state index in [2.05, 4.69) is 15.8 Å². The molecule has 1 aromatic rings. The van der Waals surface area contributed by atoms with Gasteiger partial charge < -0.3 is 15.2 Å². The summed E-state index contributed by atoms with van der Waals surface area (Å²) in [6.45, 7) is 3.67. The number of aryl methyl sites for hydroxylation is 1. The molecule has 5 heteroatoms. The highest BCUT2D eigenvalue weighted by molar-refractivity contribution is 5.91. The number of hydrogen-bond acceptors (Lipinski definition) is 4. The molecule has 1 aliphatic rings. The Kier molecular flexibility index (Phi) is 3.56. The van der Waals surface area contributed by atoms with Crippen LogP contribution in [0.1, 0.15) is 36.0 Å². The number of carbonyl (C=O) groups excluding carboxylic acids is 1. The van der Waals surface area contributed by atoms with E-state index in [4.69, 9.17) is 4.52 Å². The van der Waals surface area contributed by atoms with Crippen molar-refractivity contribution >= 4 is 5.91 Å². The smallest absolute Gasteiger partial charge is 0.289 e. The molecule has 16 heavy (non-hydrogen) atoms. The van der Waals surface area contributed by atoms with Crippen molar-refractivity contribution in [2.45, 2.75) is 32.2 Å². The number of carbonyl (C=O) groups is 1. The van der Waals surface area contributed by atoms with Gasteiger partial charge in [-0.1, -0.05) is 12.1 Å². The van der Waals surface area contributed by atoms with Gasteiger partial charge in [-0.3, -0.25) is 4.79 Å². The van der Waals surface area contributed by atoms with Gasteiger partial charge in [0.25, 0.3) is 5.91 Å². The van der Waals surface area contributed by atoms with Gasteiger partial charge in [0.15, 0.2) is 0 Å². The zero-order valence-corrected chi connectivity index (χ0v) is 9.45. The Bertz CT molecular complexity index is 356. The maximum atomic E-state index is 11.7. The monoisotopic (exact) mass is 223 g/mol. The van der Waals surface area contributed by atoms with E-state index in [0.717, 1.165) is 25.1 Å². The van der Waals surface area contributed by atoms with Crippen LogP contribution in [-0.2, 0) is 6.42 Å². The number of nitrogens with one attached hydrogen (secondary N) is 2. The summed E-state index contributed by atoms with van der Waals surface area (Å²) >= 11 is 0. The highest BCUT2D eigenvalue weighted by Gasteiger charge is 2.17. The van der Waals surface area contributed by atoms with Crippen LogP contribution in [-0.4, -0.2) is 30.2 Å². The van der Waals surface area contributed by atoms with Crippen LogP contribution in [0.5, 0.6) is 0 Å². The lowest BCUT2D eigenvalue weighted by Gasteiger charge is -2.09. The number of rotatable bonds is 4. The zero-order chi connectivity index (χ0) is 11.4. The lowest BCUT2D eigenvalue weighted by atomic mass is 10.2. The molecule has 0 saturated carbocycles. The van der Waals surface area contributed by atoms with Gasteiger partial charge in [0, 0.05) is 18.7 Å². The summed E-state index contributed by atoms with van der Waals surface area (Å²) in [7, 11) is 0. The minimum atomic E-state index is -0.180. The Morgan fingerprint density at radius 1 is 1.75 bits per heavy atom. The van der Waals surface area contributed by atoms with Crippen molar-refractivity contribution < 1.29 is 9.32 Å². The molecule has 1 aromatic heterocycles. The highest BCUT2D eigenvalue weighted by Crippen LogP contribution is 2.06. The SMILES string of the molecule is CCc1cc(C(=O)NCC2CCCN2)on1. The second-order valence-corrected chi connectivity index (χ2v) is 4.04. The minimum absolute atomic E-state index is 0.180. The summed E-state index contributed by atoms with van der Waals surface area (Å²) in [6.07, 6.45) is 3.08. The summed E-state index contributed by atoms with van der Waals surface area (Å²) in [5.74, 6) is 0.121. The van der Waals surface area contributed by atoms with E-state index in [9.17, 15) is 4.79 Å². The molecule has 0 aromatic carbocycles. The molecule has 88 valence electrons. The maximum Gasteiger partial charge on any atom is 0.289 e. The summed E-state index contributed by atoms with van der Waals surface area (Å²) < 4.78 is 4.95. The van der Waals surface area contributed by atoms with Crippen LogP contribution < -0.4 is 10.6 Å². The molecule has 1 fully saturated rings. The van der Waals surface area contributed by atoms with E-state index >= 15 is 0 Å². The quantitative estimate of drug-likeness (QED) is 0.789. The molecular formula is C11H17N3O2. The number of hydrogen-bond donors (Lipinski definition) is 2. The molecular weight excluding hydrogens is 206 g/mol. The molecule has 2 rings (SSSR count). The summed E-state index contributed by atoms with van der Waals surface area (Å²) in [5.41, 5.74) is 0.809. The number of aromatic nitrogens is 1. The Morgan fingerprint density at radius 3 is 3.25 bits per heavy atom. The van der Waals surface area contributed by atoms with E-state index in [0.29, 0.717) is 18.3 Å². The first-order valence-electron chi connectivity index (χ1n) is 5.76. The molecule has 0 aliphatic carbocycles. The standard InChI is InChI=1S/C11H17N3O2/c1-2-8-6-10(16-14-8)11(15)13-7-9-4-3-5-12-9/h6,9,12H,2-5,7H2,1H3,(H,13,15). The van der Waals surface area contributed by atoms with Gasteiger partial charge in [0.2, 0.25) is 5.76 Å². The maximum absolute atomic E-state index is 11.7. The summed E-state index contributed by atoms with van der Waals surface area (Å²) in [6, 6.07) is 2.09. The van der Waals surface area contributed by atoms with Gasteiger partial charge in [-0.15, -0.1) is 0 Å². The summed E-state index contributed by atoms with van der Waals surface area (Å²) in [4.78, 5) is 11.7. The molecule has 1 saturated heterocycles. The van der Waals surface area contributed by atoms with E-state index in [1.807, 2.05) is 6.92 Å². The third-order valence-corrected chi connectivity index (χ3v) is 2.82. The first kappa shape index (κ1) is 11.1. The largest absolute Gasteiger partial charge is 0.351 e. The Hall–Kier alpha value is -1.36. The van der Waals surface area contributed by atoms with Gasteiger partial charge in [-0.2, -0.15) is 0 Å². The average Bonchev–Trinajstić information content (AvgIpc) is 2.96. The van der Waals surface area contributed by atoms with Crippen molar-refractivity contribution in [2.75, 3.05) is 13.1 Å². The van der Waals surface area contributed by atoms with Gasteiger partial charge in [0.1, 0.15) is 0 Å². The predicted octanol–water partition coefficient (Wildman–Crippen LogP) is 0.719.